The predicted octanol–water partition coefficient (Wildman–Crippen LogP) is 15.1. The average Bonchev–Trinajstić information content (AvgIpc) is 3.51. The number of halogens is 2. The Morgan fingerprint density at radius 1 is 0.542 bits per heavy atom. The van der Waals surface area contributed by atoms with Crippen molar-refractivity contribution >= 4 is 67.0 Å². The molecular formula is C45H55I2N. The highest BCUT2D eigenvalue weighted by Crippen LogP contribution is 2.56. The minimum atomic E-state index is 0.0708. The standard InChI is InChI=1S/C45H55I2N/c1-6-8-10-12-14-16-26-45(27-17-15-13-11-9-7-2)40-29-34(47)20-24-36(40)37-30-39-38-28-33(46)21-25-42(38)48(43(39)31-41(37)45)35-22-18-32(19-23-35)44(3,4)5/h18-25,28-31H,6-17,26-27H2,1-5H3. The summed E-state index contributed by atoms with van der Waals surface area (Å²) in [6, 6.07) is 29.0. The Hall–Kier alpha value is -1.86. The Labute approximate surface area is 318 Å². The molecule has 1 aliphatic carbocycles. The van der Waals surface area contributed by atoms with Crippen LogP contribution < -0.4 is 0 Å². The topological polar surface area (TPSA) is 4.93 Å². The number of hydrogen-bond donors (Lipinski definition) is 0. The smallest absolute Gasteiger partial charge is 0.0544 e. The number of benzene rings is 4. The summed E-state index contributed by atoms with van der Waals surface area (Å²) in [6.07, 6.45) is 18.6. The van der Waals surface area contributed by atoms with Crippen molar-refractivity contribution < 1.29 is 0 Å². The summed E-state index contributed by atoms with van der Waals surface area (Å²) in [5, 5.41) is 2.73. The SMILES string of the molecule is CCCCCCCCC1(CCCCCCCC)c2cc(I)ccc2-c2cc3c4cc(I)ccc4n(-c4ccc(C(C)(C)C)cc4)c3cc21. The molecule has 0 saturated carbocycles. The lowest BCUT2D eigenvalue weighted by molar-refractivity contribution is 0.398. The summed E-state index contributed by atoms with van der Waals surface area (Å²) in [4.78, 5) is 0. The van der Waals surface area contributed by atoms with E-state index in [0.29, 0.717) is 0 Å². The molecule has 1 nitrogen and oxygen atoms in total. The second-order valence-corrected chi connectivity index (χ2v) is 18.0. The number of rotatable bonds is 15. The third-order valence-electron chi connectivity index (χ3n) is 11.1. The molecule has 1 heterocycles. The number of unbranched alkanes of at least 4 members (excludes halogenated alkanes) is 10. The molecule has 0 unspecified atom stereocenters. The van der Waals surface area contributed by atoms with Gasteiger partial charge in [0.25, 0.3) is 0 Å². The van der Waals surface area contributed by atoms with Gasteiger partial charge >= 0.3 is 0 Å². The lowest BCUT2D eigenvalue weighted by atomic mass is 9.70. The van der Waals surface area contributed by atoms with Crippen LogP contribution >= 0.6 is 45.2 Å². The maximum Gasteiger partial charge on any atom is 0.0544 e. The molecule has 0 aliphatic heterocycles. The van der Waals surface area contributed by atoms with Crippen LogP contribution in [-0.4, -0.2) is 4.57 Å². The van der Waals surface area contributed by atoms with Crippen molar-refractivity contribution in [2.45, 2.75) is 135 Å². The van der Waals surface area contributed by atoms with E-state index in [1.54, 1.807) is 11.1 Å². The molecule has 0 N–H and O–H groups in total. The molecule has 0 spiro atoms. The fourth-order valence-corrected chi connectivity index (χ4v) is 9.40. The zero-order valence-corrected chi connectivity index (χ0v) is 34.3. The van der Waals surface area contributed by atoms with Crippen LogP contribution in [0.5, 0.6) is 0 Å². The van der Waals surface area contributed by atoms with E-state index in [2.05, 4.69) is 157 Å². The third kappa shape index (κ3) is 7.29. The second kappa shape index (κ2) is 15.6. The quantitative estimate of drug-likeness (QED) is 0.0730. The van der Waals surface area contributed by atoms with Crippen LogP contribution in [0.2, 0.25) is 0 Å². The van der Waals surface area contributed by atoms with Gasteiger partial charge in [0, 0.05) is 29.0 Å². The molecule has 0 atom stereocenters. The van der Waals surface area contributed by atoms with E-state index in [4.69, 9.17) is 0 Å². The molecule has 0 bridgehead atoms. The number of aromatic nitrogens is 1. The fraction of sp³-hybridized carbons (Fsp3) is 0.467. The summed E-state index contributed by atoms with van der Waals surface area (Å²) in [5.41, 5.74) is 11.6. The number of fused-ring (bicyclic) bond motifs is 6. The van der Waals surface area contributed by atoms with E-state index >= 15 is 0 Å². The van der Waals surface area contributed by atoms with Gasteiger partial charge in [-0.15, -0.1) is 0 Å². The lowest BCUT2D eigenvalue weighted by Crippen LogP contribution is -2.25. The molecule has 0 fully saturated rings. The van der Waals surface area contributed by atoms with Gasteiger partial charge in [-0.1, -0.05) is 130 Å². The van der Waals surface area contributed by atoms with Gasteiger partial charge in [0.05, 0.1) is 11.0 Å². The maximum atomic E-state index is 2.65. The van der Waals surface area contributed by atoms with Crippen LogP contribution in [0.1, 0.15) is 141 Å². The molecule has 1 aromatic heterocycles. The van der Waals surface area contributed by atoms with Crippen LogP contribution in [-0.2, 0) is 10.8 Å². The summed E-state index contributed by atoms with van der Waals surface area (Å²) in [5.74, 6) is 0. The zero-order chi connectivity index (χ0) is 33.9. The first-order valence-electron chi connectivity index (χ1n) is 18.9. The first kappa shape index (κ1) is 35.9. The van der Waals surface area contributed by atoms with E-state index in [-0.39, 0.29) is 10.8 Å². The summed E-state index contributed by atoms with van der Waals surface area (Å²) in [6.45, 7) is 11.6. The van der Waals surface area contributed by atoms with E-state index in [1.165, 1.54) is 141 Å². The average molecular weight is 864 g/mol. The molecule has 6 rings (SSSR count). The molecule has 3 heteroatoms. The Balaban J connectivity index is 1.52. The van der Waals surface area contributed by atoms with E-state index in [0.717, 1.165) is 0 Å². The molecule has 0 radical (unpaired) electrons. The Morgan fingerprint density at radius 2 is 1.08 bits per heavy atom. The molecular weight excluding hydrogens is 808 g/mol. The van der Waals surface area contributed by atoms with Crippen LogP contribution in [0, 0.1) is 7.14 Å². The van der Waals surface area contributed by atoms with Crippen LogP contribution in [0.4, 0.5) is 0 Å². The first-order valence-corrected chi connectivity index (χ1v) is 21.0. The van der Waals surface area contributed by atoms with Gasteiger partial charge < -0.3 is 4.57 Å². The second-order valence-electron chi connectivity index (χ2n) is 15.5. The maximum absolute atomic E-state index is 2.65. The van der Waals surface area contributed by atoms with E-state index < -0.39 is 0 Å². The molecule has 0 saturated heterocycles. The minimum Gasteiger partial charge on any atom is -0.309 e. The van der Waals surface area contributed by atoms with Crippen molar-refractivity contribution in [3.05, 3.63) is 96.6 Å². The Bertz CT molecular complexity index is 1840. The lowest BCUT2D eigenvalue weighted by Gasteiger charge is -2.33. The molecule has 0 amide bonds. The summed E-state index contributed by atoms with van der Waals surface area (Å²) >= 11 is 5.04. The highest BCUT2D eigenvalue weighted by molar-refractivity contribution is 14.1. The van der Waals surface area contributed by atoms with Crippen molar-refractivity contribution in [3.8, 4) is 16.8 Å². The van der Waals surface area contributed by atoms with Gasteiger partial charge in [0.2, 0.25) is 0 Å². The van der Waals surface area contributed by atoms with Crippen LogP contribution in [0.15, 0.2) is 72.8 Å². The van der Waals surface area contributed by atoms with E-state index in [1.807, 2.05) is 0 Å². The molecule has 48 heavy (non-hydrogen) atoms. The van der Waals surface area contributed by atoms with Crippen LogP contribution in [0.3, 0.4) is 0 Å². The van der Waals surface area contributed by atoms with Gasteiger partial charge in [0.1, 0.15) is 0 Å². The monoisotopic (exact) mass is 863 g/mol. The molecule has 5 aromatic rings. The minimum absolute atomic E-state index is 0.0708. The van der Waals surface area contributed by atoms with Gasteiger partial charge in [0.15, 0.2) is 0 Å². The first-order chi connectivity index (χ1) is 23.2. The number of nitrogens with zero attached hydrogens (tertiary/aromatic N) is 1. The largest absolute Gasteiger partial charge is 0.309 e. The van der Waals surface area contributed by atoms with Gasteiger partial charge in [-0.25, -0.2) is 0 Å². The van der Waals surface area contributed by atoms with Crippen molar-refractivity contribution in [1.82, 2.24) is 4.57 Å². The Kier molecular flexibility index (Phi) is 11.7. The van der Waals surface area contributed by atoms with Crippen molar-refractivity contribution in [2.24, 2.45) is 0 Å². The van der Waals surface area contributed by atoms with E-state index in [9.17, 15) is 0 Å². The third-order valence-corrected chi connectivity index (χ3v) is 12.4. The molecule has 1 aliphatic rings. The predicted molar refractivity (Wildman–Crippen MR) is 227 cm³/mol. The highest BCUT2D eigenvalue weighted by Gasteiger charge is 2.43. The van der Waals surface area contributed by atoms with Gasteiger partial charge in [-0.05, 0) is 146 Å². The summed E-state index contributed by atoms with van der Waals surface area (Å²) in [7, 11) is 0. The van der Waals surface area contributed by atoms with Gasteiger partial charge in [-0.2, -0.15) is 0 Å². The fourth-order valence-electron chi connectivity index (χ4n) is 8.42. The normalized spacial score (nSPS) is 13.8. The van der Waals surface area contributed by atoms with Crippen LogP contribution in [0.25, 0.3) is 38.6 Å². The highest BCUT2D eigenvalue weighted by atomic mass is 127. The zero-order valence-electron chi connectivity index (χ0n) is 30.0. The van der Waals surface area contributed by atoms with Crippen molar-refractivity contribution in [1.29, 1.82) is 0 Å². The summed E-state index contributed by atoms with van der Waals surface area (Å²) < 4.78 is 5.21. The van der Waals surface area contributed by atoms with Crippen molar-refractivity contribution in [2.75, 3.05) is 0 Å². The van der Waals surface area contributed by atoms with Crippen molar-refractivity contribution in [3.63, 3.8) is 0 Å². The molecule has 4 aromatic carbocycles. The van der Waals surface area contributed by atoms with Gasteiger partial charge in [-0.3, -0.25) is 0 Å². The molecule has 254 valence electrons. The number of hydrogen-bond acceptors (Lipinski definition) is 0. The Morgan fingerprint density at radius 3 is 1.71 bits per heavy atom.